The Morgan fingerprint density at radius 2 is 2.20 bits per heavy atom. The van der Waals surface area contributed by atoms with Gasteiger partial charge >= 0.3 is 0 Å². The number of likely N-dealkylation sites (N-methyl/N-ethyl adjacent to an activating group) is 1. The van der Waals surface area contributed by atoms with Crippen LogP contribution in [0.5, 0.6) is 0 Å². The third-order valence-corrected chi connectivity index (χ3v) is 2.14. The van der Waals surface area contributed by atoms with Crippen LogP contribution in [0.4, 0.5) is 0 Å². The van der Waals surface area contributed by atoms with Gasteiger partial charge in [0.15, 0.2) is 0 Å². The minimum atomic E-state index is 0.427. The molecule has 1 fully saturated rings. The molecule has 0 aliphatic carbocycles. The van der Waals surface area contributed by atoms with Crippen molar-refractivity contribution >= 4 is 0 Å². The van der Waals surface area contributed by atoms with Gasteiger partial charge in [0, 0.05) is 12.6 Å². The van der Waals surface area contributed by atoms with E-state index < -0.39 is 0 Å². The van der Waals surface area contributed by atoms with Crippen molar-refractivity contribution in [3.8, 4) is 0 Å². The third-order valence-electron chi connectivity index (χ3n) is 2.14. The summed E-state index contributed by atoms with van der Waals surface area (Å²) in [5.74, 6) is 0. The SMILES string of the molecule is CCN1CC(C)OCC1C. The first kappa shape index (κ1) is 8.02. The lowest BCUT2D eigenvalue weighted by Gasteiger charge is -2.35. The average Bonchev–Trinajstić information content (AvgIpc) is 1.94. The average molecular weight is 143 g/mol. The highest BCUT2D eigenvalue weighted by molar-refractivity contribution is 4.73. The van der Waals surface area contributed by atoms with E-state index in [9.17, 15) is 0 Å². The van der Waals surface area contributed by atoms with Crippen LogP contribution in [0.15, 0.2) is 0 Å². The largest absolute Gasteiger partial charge is 0.376 e. The third kappa shape index (κ3) is 1.70. The highest BCUT2D eigenvalue weighted by Gasteiger charge is 2.21. The zero-order chi connectivity index (χ0) is 7.56. The first-order chi connectivity index (χ1) is 4.74. The molecule has 0 aromatic carbocycles. The van der Waals surface area contributed by atoms with Gasteiger partial charge in [-0.15, -0.1) is 0 Å². The molecule has 0 bridgehead atoms. The van der Waals surface area contributed by atoms with Crippen molar-refractivity contribution in [3.63, 3.8) is 0 Å². The Balaban J connectivity index is 2.38. The maximum Gasteiger partial charge on any atom is 0.0674 e. The minimum Gasteiger partial charge on any atom is -0.376 e. The maximum atomic E-state index is 5.48. The molecule has 2 nitrogen and oxygen atoms in total. The number of morpholine rings is 1. The van der Waals surface area contributed by atoms with Crippen LogP contribution in [0, 0.1) is 0 Å². The van der Waals surface area contributed by atoms with Gasteiger partial charge in [0.2, 0.25) is 0 Å². The maximum absolute atomic E-state index is 5.48. The first-order valence-corrected chi connectivity index (χ1v) is 4.09. The number of nitrogens with zero attached hydrogens (tertiary/aromatic N) is 1. The molecule has 2 atom stereocenters. The van der Waals surface area contributed by atoms with E-state index in [1.165, 1.54) is 0 Å². The van der Waals surface area contributed by atoms with Crippen molar-refractivity contribution in [1.29, 1.82) is 0 Å². The van der Waals surface area contributed by atoms with Crippen LogP contribution in [0.25, 0.3) is 0 Å². The highest BCUT2D eigenvalue weighted by atomic mass is 16.5. The molecule has 1 saturated heterocycles. The van der Waals surface area contributed by atoms with Gasteiger partial charge in [-0.05, 0) is 20.4 Å². The zero-order valence-corrected chi connectivity index (χ0v) is 7.13. The van der Waals surface area contributed by atoms with Crippen LogP contribution in [-0.4, -0.2) is 36.7 Å². The second-order valence-corrected chi connectivity index (χ2v) is 3.08. The molecule has 1 aliphatic rings. The fourth-order valence-electron chi connectivity index (χ4n) is 1.41. The van der Waals surface area contributed by atoms with Gasteiger partial charge in [0.1, 0.15) is 0 Å². The number of hydrogen-bond acceptors (Lipinski definition) is 2. The summed E-state index contributed by atoms with van der Waals surface area (Å²) >= 11 is 0. The van der Waals surface area contributed by atoms with E-state index in [-0.39, 0.29) is 0 Å². The van der Waals surface area contributed by atoms with E-state index in [4.69, 9.17) is 4.74 Å². The van der Waals surface area contributed by atoms with Gasteiger partial charge < -0.3 is 4.74 Å². The first-order valence-electron chi connectivity index (χ1n) is 4.09. The summed E-state index contributed by atoms with van der Waals surface area (Å²) in [5.41, 5.74) is 0. The van der Waals surface area contributed by atoms with Crippen molar-refractivity contribution in [2.45, 2.75) is 32.9 Å². The van der Waals surface area contributed by atoms with Crippen molar-refractivity contribution in [2.75, 3.05) is 19.7 Å². The summed E-state index contributed by atoms with van der Waals surface area (Å²) in [7, 11) is 0. The smallest absolute Gasteiger partial charge is 0.0674 e. The monoisotopic (exact) mass is 143 g/mol. The van der Waals surface area contributed by atoms with Crippen LogP contribution < -0.4 is 0 Å². The van der Waals surface area contributed by atoms with Gasteiger partial charge in [-0.3, -0.25) is 4.90 Å². The predicted molar refractivity (Wildman–Crippen MR) is 42.1 cm³/mol. The number of hydrogen-bond donors (Lipinski definition) is 0. The molecule has 0 amide bonds. The standard InChI is InChI=1S/C8H17NO/c1-4-9-5-8(3)10-6-7(9)2/h7-8H,4-6H2,1-3H3. The Labute approximate surface area is 63.2 Å². The Hall–Kier alpha value is -0.0800. The summed E-state index contributed by atoms with van der Waals surface area (Å²) in [4.78, 5) is 2.45. The molecular weight excluding hydrogens is 126 g/mol. The van der Waals surface area contributed by atoms with Crippen molar-refractivity contribution in [1.82, 2.24) is 4.90 Å². The van der Waals surface area contributed by atoms with E-state index in [2.05, 4.69) is 25.7 Å². The molecular formula is C8H17NO. The van der Waals surface area contributed by atoms with Gasteiger partial charge in [0.25, 0.3) is 0 Å². The van der Waals surface area contributed by atoms with Crippen LogP contribution in [0.1, 0.15) is 20.8 Å². The number of ether oxygens (including phenoxy) is 1. The lowest BCUT2D eigenvalue weighted by molar-refractivity contribution is -0.0471. The molecule has 0 N–H and O–H groups in total. The summed E-state index contributed by atoms with van der Waals surface area (Å²) in [6, 6.07) is 0.612. The Morgan fingerprint density at radius 3 is 2.70 bits per heavy atom. The summed E-state index contributed by atoms with van der Waals surface area (Å²) in [5, 5.41) is 0. The van der Waals surface area contributed by atoms with Gasteiger partial charge in [-0.25, -0.2) is 0 Å². The quantitative estimate of drug-likeness (QED) is 0.545. The molecule has 1 heterocycles. The van der Waals surface area contributed by atoms with Crippen LogP contribution in [0.2, 0.25) is 0 Å². The zero-order valence-electron chi connectivity index (χ0n) is 7.13. The fourth-order valence-corrected chi connectivity index (χ4v) is 1.41. The highest BCUT2D eigenvalue weighted by Crippen LogP contribution is 2.09. The lowest BCUT2D eigenvalue weighted by atomic mass is 10.2. The van der Waals surface area contributed by atoms with E-state index in [1.807, 2.05) is 0 Å². The normalized spacial score (nSPS) is 36.3. The van der Waals surface area contributed by atoms with Gasteiger partial charge in [-0.1, -0.05) is 6.92 Å². The van der Waals surface area contributed by atoms with Crippen LogP contribution in [-0.2, 0) is 4.74 Å². The molecule has 0 aromatic heterocycles. The molecule has 0 radical (unpaired) electrons. The van der Waals surface area contributed by atoms with Crippen LogP contribution in [0.3, 0.4) is 0 Å². The second-order valence-electron chi connectivity index (χ2n) is 3.08. The van der Waals surface area contributed by atoms with Crippen molar-refractivity contribution < 1.29 is 4.74 Å². The van der Waals surface area contributed by atoms with Crippen molar-refractivity contribution in [2.24, 2.45) is 0 Å². The molecule has 60 valence electrons. The molecule has 1 rings (SSSR count). The Morgan fingerprint density at radius 1 is 1.50 bits per heavy atom. The molecule has 2 heteroatoms. The molecule has 10 heavy (non-hydrogen) atoms. The Bertz CT molecular complexity index is 105. The topological polar surface area (TPSA) is 12.5 Å². The van der Waals surface area contributed by atoms with E-state index in [0.29, 0.717) is 12.1 Å². The molecule has 2 unspecified atom stereocenters. The Kier molecular flexibility index (Phi) is 2.69. The molecule has 0 aromatic rings. The van der Waals surface area contributed by atoms with Crippen molar-refractivity contribution in [3.05, 3.63) is 0 Å². The number of rotatable bonds is 1. The van der Waals surface area contributed by atoms with E-state index in [1.54, 1.807) is 0 Å². The van der Waals surface area contributed by atoms with E-state index >= 15 is 0 Å². The fraction of sp³-hybridized carbons (Fsp3) is 1.00. The van der Waals surface area contributed by atoms with Gasteiger partial charge in [0.05, 0.1) is 12.7 Å². The molecule has 0 spiro atoms. The summed E-state index contributed by atoms with van der Waals surface area (Å²) < 4.78 is 5.48. The summed E-state index contributed by atoms with van der Waals surface area (Å²) in [6.07, 6.45) is 0.427. The van der Waals surface area contributed by atoms with Crippen LogP contribution >= 0.6 is 0 Å². The van der Waals surface area contributed by atoms with Gasteiger partial charge in [-0.2, -0.15) is 0 Å². The second kappa shape index (κ2) is 3.35. The summed E-state index contributed by atoms with van der Waals surface area (Å²) in [6.45, 7) is 9.69. The minimum absolute atomic E-state index is 0.427. The van der Waals surface area contributed by atoms with E-state index in [0.717, 1.165) is 19.7 Å². The predicted octanol–water partition coefficient (Wildman–Crippen LogP) is 1.12. The molecule has 1 aliphatic heterocycles. The lowest BCUT2D eigenvalue weighted by Crippen LogP contribution is -2.46. The molecule has 0 saturated carbocycles.